The highest BCUT2D eigenvalue weighted by Crippen LogP contribution is 2.40. The summed E-state index contributed by atoms with van der Waals surface area (Å²) in [5.74, 6) is -2.80. The number of hydrogen-bond donors (Lipinski definition) is 0. The zero-order valence-electron chi connectivity index (χ0n) is 20.2. The number of rotatable bonds is 7. The van der Waals surface area contributed by atoms with Gasteiger partial charge in [0, 0.05) is 6.07 Å². The van der Waals surface area contributed by atoms with Crippen LogP contribution in [-0.2, 0) is 4.79 Å². The van der Waals surface area contributed by atoms with Gasteiger partial charge in [-0.05, 0) is 99.3 Å². The molecule has 2 aliphatic rings. The molecule has 0 bridgehead atoms. The van der Waals surface area contributed by atoms with Gasteiger partial charge in [-0.15, -0.1) is 6.58 Å². The predicted octanol–water partition coefficient (Wildman–Crippen LogP) is 7.84. The minimum Gasteiger partial charge on any atom is -0.494 e. The van der Waals surface area contributed by atoms with Gasteiger partial charge in [0.2, 0.25) is 5.82 Å². The number of carbonyl (C=O) groups is 1. The van der Waals surface area contributed by atoms with Gasteiger partial charge in [-0.25, -0.2) is 8.78 Å². The molecule has 0 N–H and O–H groups in total. The fourth-order valence-corrected chi connectivity index (χ4v) is 5.53. The third kappa shape index (κ3) is 5.74. The van der Waals surface area contributed by atoms with Crippen molar-refractivity contribution in [3.63, 3.8) is 0 Å². The van der Waals surface area contributed by atoms with Crippen LogP contribution in [0.25, 0.3) is 0 Å². The van der Waals surface area contributed by atoms with Crippen LogP contribution in [0.1, 0.15) is 81.3 Å². The Balaban J connectivity index is 1.35. The van der Waals surface area contributed by atoms with E-state index in [0.29, 0.717) is 55.1 Å². The Morgan fingerprint density at radius 3 is 2.17 bits per heavy atom. The van der Waals surface area contributed by atoms with E-state index in [-0.39, 0.29) is 23.4 Å². The topological polar surface area (TPSA) is 35.5 Å². The first-order valence-corrected chi connectivity index (χ1v) is 12.7. The normalized spacial score (nSPS) is 24.6. The molecular formula is C29H33F3O3. The molecule has 2 fully saturated rings. The van der Waals surface area contributed by atoms with Crippen molar-refractivity contribution in [2.75, 3.05) is 6.61 Å². The number of benzene rings is 2. The van der Waals surface area contributed by atoms with Crippen LogP contribution in [0.2, 0.25) is 0 Å². The number of carbonyl (C=O) groups excluding carboxylic acids is 1. The maximum Gasteiger partial charge on any atom is 0.314 e. The molecule has 6 heteroatoms. The van der Waals surface area contributed by atoms with Crippen LogP contribution in [0.4, 0.5) is 13.2 Å². The summed E-state index contributed by atoms with van der Waals surface area (Å²) in [6.45, 7) is 6.13. The van der Waals surface area contributed by atoms with Gasteiger partial charge >= 0.3 is 5.97 Å². The molecular weight excluding hydrogens is 453 g/mol. The first-order chi connectivity index (χ1) is 16.9. The summed E-state index contributed by atoms with van der Waals surface area (Å²) in [4.78, 5) is 12.7. The van der Waals surface area contributed by atoms with Crippen LogP contribution < -0.4 is 9.47 Å². The van der Waals surface area contributed by atoms with Gasteiger partial charge in [-0.2, -0.15) is 4.39 Å². The quantitative estimate of drug-likeness (QED) is 0.227. The Labute approximate surface area is 205 Å². The van der Waals surface area contributed by atoms with Crippen LogP contribution in [0, 0.1) is 29.3 Å². The van der Waals surface area contributed by atoms with Crippen LogP contribution in [0.15, 0.2) is 43.0 Å². The average molecular weight is 487 g/mol. The minimum absolute atomic E-state index is 0.000582. The molecule has 35 heavy (non-hydrogen) atoms. The Kier molecular flexibility index (Phi) is 8.19. The van der Waals surface area contributed by atoms with E-state index >= 15 is 0 Å². The van der Waals surface area contributed by atoms with Crippen LogP contribution in [0.5, 0.6) is 11.5 Å². The van der Waals surface area contributed by atoms with Gasteiger partial charge in [0.05, 0.1) is 12.5 Å². The molecule has 2 aliphatic carbocycles. The van der Waals surface area contributed by atoms with Crippen LogP contribution in [0.3, 0.4) is 0 Å². The number of esters is 1. The lowest BCUT2D eigenvalue weighted by Gasteiger charge is -2.28. The van der Waals surface area contributed by atoms with E-state index < -0.39 is 23.5 Å². The van der Waals surface area contributed by atoms with Gasteiger partial charge in [0.1, 0.15) is 11.6 Å². The summed E-state index contributed by atoms with van der Waals surface area (Å²) in [5, 5.41) is 0. The van der Waals surface area contributed by atoms with E-state index in [2.05, 4.69) is 6.58 Å². The summed E-state index contributed by atoms with van der Waals surface area (Å²) in [6, 6.07) is 7.81. The van der Waals surface area contributed by atoms with Crippen molar-refractivity contribution in [2.24, 2.45) is 11.8 Å². The summed E-state index contributed by atoms with van der Waals surface area (Å²) in [5.41, 5.74) is 0.966. The van der Waals surface area contributed by atoms with Crippen LogP contribution >= 0.6 is 0 Å². The van der Waals surface area contributed by atoms with E-state index in [9.17, 15) is 18.0 Å². The summed E-state index contributed by atoms with van der Waals surface area (Å²) in [7, 11) is 0. The van der Waals surface area contributed by atoms with Gasteiger partial charge in [0.15, 0.2) is 11.6 Å². The lowest BCUT2D eigenvalue weighted by Crippen LogP contribution is -2.26. The molecule has 0 unspecified atom stereocenters. The second kappa shape index (κ2) is 11.3. The third-order valence-electron chi connectivity index (χ3n) is 7.62. The lowest BCUT2D eigenvalue weighted by molar-refractivity contribution is -0.140. The van der Waals surface area contributed by atoms with Gasteiger partial charge in [0.25, 0.3) is 0 Å². The molecule has 2 aromatic carbocycles. The number of ether oxygens (including phenoxy) is 2. The van der Waals surface area contributed by atoms with E-state index in [1.165, 1.54) is 12.1 Å². The van der Waals surface area contributed by atoms with E-state index in [0.717, 1.165) is 25.7 Å². The SMILES string of the molecule is C=CC1CCC(c2ccc(OC(=O)C3CCC(c4ccc(OCC)cc4F)CC3)c(F)c2F)CC1. The summed E-state index contributed by atoms with van der Waals surface area (Å²) >= 11 is 0. The van der Waals surface area contributed by atoms with Crippen molar-refractivity contribution in [3.8, 4) is 11.5 Å². The zero-order chi connectivity index (χ0) is 24.9. The van der Waals surface area contributed by atoms with Crippen molar-refractivity contribution >= 4 is 5.97 Å². The van der Waals surface area contributed by atoms with E-state index in [1.807, 2.05) is 13.0 Å². The molecule has 0 saturated heterocycles. The van der Waals surface area contributed by atoms with Crippen LogP contribution in [-0.4, -0.2) is 12.6 Å². The van der Waals surface area contributed by atoms with Crippen molar-refractivity contribution < 1.29 is 27.4 Å². The summed E-state index contributed by atoms with van der Waals surface area (Å²) < 4.78 is 54.8. The average Bonchev–Trinajstić information content (AvgIpc) is 2.87. The molecule has 0 amide bonds. The fourth-order valence-electron chi connectivity index (χ4n) is 5.53. The van der Waals surface area contributed by atoms with Crippen molar-refractivity contribution in [1.29, 1.82) is 0 Å². The third-order valence-corrected chi connectivity index (χ3v) is 7.62. The fraction of sp³-hybridized carbons (Fsp3) is 0.483. The standard InChI is InChI=1S/C29H33F3O3/c1-3-18-5-7-20(8-6-18)24-15-16-26(28(32)27(24)31)35-29(33)21-11-9-19(10-12-21)23-14-13-22(34-4-2)17-25(23)30/h3,13-21H,1,4-12H2,2H3. The predicted molar refractivity (Wildman–Crippen MR) is 129 cm³/mol. The molecule has 0 atom stereocenters. The van der Waals surface area contributed by atoms with Crippen molar-refractivity contribution in [1.82, 2.24) is 0 Å². The second-order valence-corrected chi connectivity index (χ2v) is 9.71. The molecule has 0 spiro atoms. The first kappa shape index (κ1) is 25.3. The molecule has 4 rings (SSSR count). The molecule has 2 saturated carbocycles. The minimum atomic E-state index is -1.10. The second-order valence-electron chi connectivity index (χ2n) is 9.71. The maximum absolute atomic E-state index is 14.8. The lowest BCUT2D eigenvalue weighted by atomic mass is 9.78. The monoisotopic (exact) mass is 486 g/mol. The molecule has 2 aromatic rings. The zero-order valence-corrected chi connectivity index (χ0v) is 20.2. The van der Waals surface area contributed by atoms with E-state index in [1.54, 1.807) is 18.2 Å². The van der Waals surface area contributed by atoms with Gasteiger partial charge in [-0.3, -0.25) is 4.79 Å². The Bertz CT molecular complexity index is 1050. The largest absolute Gasteiger partial charge is 0.494 e. The molecule has 0 aromatic heterocycles. The Hall–Kier alpha value is -2.76. The first-order valence-electron chi connectivity index (χ1n) is 12.7. The summed E-state index contributed by atoms with van der Waals surface area (Å²) in [6.07, 6.45) is 7.56. The van der Waals surface area contributed by atoms with Crippen molar-refractivity contribution in [3.05, 3.63) is 71.6 Å². The smallest absolute Gasteiger partial charge is 0.314 e. The maximum atomic E-state index is 14.8. The van der Waals surface area contributed by atoms with E-state index in [4.69, 9.17) is 9.47 Å². The highest BCUT2D eigenvalue weighted by molar-refractivity contribution is 5.75. The highest BCUT2D eigenvalue weighted by Gasteiger charge is 2.31. The number of allylic oxidation sites excluding steroid dienone is 1. The molecule has 188 valence electrons. The Morgan fingerprint density at radius 1 is 0.914 bits per heavy atom. The van der Waals surface area contributed by atoms with Gasteiger partial charge in [-0.1, -0.05) is 18.2 Å². The number of halogens is 3. The highest BCUT2D eigenvalue weighted by atomic mass is 19.2. The molecule has 0 heterocycles. The Morgan fingerprint density at radius 2 is 1.54 bits per heavy atom. The number of hydrogen-bond acceptors (Lipinski definition) is 3. The molecule has 3 nitrogen and oxygen atoms in total. The molecule has 0 aliphatic heterocycles. The van der Waals surface area contributed by atoms with Crippen molar-refractivity contribution in [2.45, 2.75) is 70.1 Å². The van der Waals surface area contributed by atoms with Gasteiger partial charge < -0.3 is 9.47 Å². The molecule has 0 radical (unpaired) electrons.